The Labute approximate surface area is 80.0 Å². The summed E-state index contributed by atoms with van der Waals surface area (Å²) in [7, 11) is 0. The summed E-state index contributed by atoms with van der Waals surface area (Å²) in [6, 6.07) is 0.474. The van der Waals surface area contributed by atoms with Gasteiger partial charge >= 0.3 is 5.97 Å². The Hall–Kier alpha value is -1.98. The lowest BCUT2D eigenvalue weighted by Crippen LogP contribution is -2.38. The number of carbonyl (C=O) groups excluding carboxylic acids is 1. The fourth-order valence-electron chi connectivity index (χ4n) is 0.757. The van der Waals surface area contributed by atoms with Crippen LogP contribution >= 0.6 is 0 Å². The van der Waals surface area contributed by atoms with Crippen molar-refractivity contribution >= 4 is 11.9 Å². The first kappa shape index (κ1) is 10.1. The average molecular weight is 195 g/mol. The van der Waals surface area contributed by atoms with Crippen molar-refractivity contribution in [2.75, 3.05) is 0 Å². The molecule has 0 radical (unpaired) electrons. The Morgan fingerprint density at radius 3 is 2.79 bits per heavy atom. The van der Waals surface area contributed by atoms with Crippen LogP contribution in [0.1, 0.15) is 17.4 Å². The highest BCUT2D eigenvalue weighted by Crippen LogP contribution is 1.92. The highest BCUT2D eigenvalue weighted by Gasteiger charge is 2.15. The number of rotatable bonds is 3. The van der Waals surface area contributed by atoms with E-state index in [1.165, 1.54) is 25.5 Å². The number of carbonyl (C=O) groups is 2. The summed E-state index contributed by atoms with van der Waals surface area (Å²) in [6.45, 7) is 1.38. The van der Waals surface area contributed by atoms with Crippen LogP contribution in [0.15, 0.2) is 18.6 Å². The van der Waals surface area contributed by atoms with E-state index in [2.05, 4.69) is 15.3 Å². The van der Waals surface area contributed by atoms with Crippen LogP contribution < -0.4 is 5.32 Å². The zero-order valence-electron chi connectivity index (χ0n) is 7.47. The van der Waals surface area contributed by atoms with Crippen LogP contribution in [-0.4, -0.2) is 33.0 Å². The van der Waals surface area contributed by atoms with Crippen molar-refractivity contribution in [3.63, 3.8) is 0 Å². The third-order valence-electron chi connectivity index (χ3n) is 1.53. The van der Waals surface area contributed by atoms with Crippen molar-refractivity contribution in [1.29, 1.82) is 0 Å². The summed E-state index contributed by atoms with van der Waals surface area (Å²) >= 11 is 0. The van der Waals surface area contributed by atoms with Gasteiger partial charge in [-0.15, -0.1) is 0 Å². The Bertz CT molecular complexity index is 339. The number of aromatic nitrogens is 2. The molecule has 1 heterocycles. The molecule has 2 N–H and O–H groups in total. The van der Waals surface area contributed by atoms with Gasteiger partial charge < -0.3 is 10.4 Å². The lowest BCUT2D eigenvalue weighted by Gasteiger charge is -2.07. The normalized spacial score (nSPS) is 11.8. The van der Waals surface area contributed by atoms with Gasteiger partial charge in [0.1, 0.15) is 18.1 Å². The Balaban J connectivity index is 2.64. The fraction of sp³-hybridized carbons (Fsp3) is 0.250. The van der Waals surface area contributed by atoms with Crippen LogP contribution in [0.3, 0.4) is 0 Å². The maximum Gasteiger partial charge on any atom is 0.325 e. The largest absolute Gasteiger partial charge is 0.480 e. The summed E-state index contributed by atoms with van der Waals surface area (Å²) in [5, 5.41) is 10.8. The molecule has 0 unspecified atom stereocenters. The molecule has 0 aliphatic rings. The van der Waals surface area contributed by atoms with Crippen LogP contribution in [0.5, 0.6) is 0 Å². The van der Waals surface area contributed by atoms with Crippen LogP contribution in [0, 0.1) is 0 Å². The Kier molecular flexibility index (Phi) is 3.11. The van der Waals surface area contributed by atoms with E-state index in [0.29, 0.717) is 0 Å². The van der Waals surface area contributed by atoms with E-state index in [4.69, 9.17) is 5.11 Å². The van der Waals surface area contributed by atoms with E-state index in [-0.39, 0.29) is 5.69 Å². The first-order valence-corrected chi connectivity index (χ1v) is 3.91. The molecule has 0 fully saturated rings. The SMILES string of the molecule is C[C@H](NC(=O)c1ccncn1)C(=O)O. The van der Waals surface area contributed by atoms with Gasteiger partial charge in [-0.25, -0.2) is 9.97 Å². The molecule has 0 saturated heterocycles. The number of amides is 1. The molecule has 6 nitrogen and oxygen atoms in total. The predicted octanol–water partition coefficient (Wildman–Crippen LogP) is -0.320. The minimum atomic E-state index is -1.09. The van der Waals surface area contributed by atoms with E-state index < -0.39 is 17.9 Å². The molecule has 0 spiro atoms. The van der Waals surface area contributed by atoms with Gasteiger partial charge in [-0.3, -0.25) is 9.59 Å². The van der Waals surface area contributed by atoms with Gasteiger partial charge in [0.2, 0.25) is 0 Å². The van der Waals surface area contributed by atoms with Gasteiger partial charge in [-0.2, -0.15) is 0 Å². The van der Waals surface area contributed by atoms with Crippen molar-refractivity contribution in [3.05, 3.63) is 24.3 Å². The van der Waals surface area contributed by atoms with Crippen molar-refractivity contribution in [3.8, 4) is 0 Å². The molecule has 0 aromatic carbocycles. The fourth-order valence-corrected chi connectivity index (χ4v) is 0.757. The standard InChI is InChI=1S/C8H9N3O3/c1-5(8(13)14)11-7(12)6-2-3-9-4-10-6/h2-5H,1H3,(H,11,12)(H,13,14)/t5-/m0/s1. The highest BCUT2D eigenvalue weighted by molar-refractivity contribution is 5.94. The quantitative estimate of drug-likeness (QED) is 0.689. The summed E-state index contributed by atoms with van der Waals surface area (Å²) in [5.74, 6) is -1.62. The van der Waals surface area contributed by atoms with Gasteiger partial charge in [0, 0.05) is 6.20 Å². The van der Waals surface area contributed by atoms with Gasteiger partial charge in [0.15, 0.2) is 0 Å². The number of carboxylic acids is 1. The summed E-state index contributed by atoms with van der Waals surface area (Å²) in [5.41, 5.74) is 0.146. The van der Waals surface area contributed by atoms with Crippen molar-refractivity contribution in [2.45, 2.75) is 13.0 Å². The molecular weight excluding hydrogens is 186 g/mol. The van der Waals surface area contributed by atoms with Crippen LogP contribution in [0.4, 0.5) is 0 Å². The van der Waals surface area contributed by atoms with Gasteiger partial charge in [-0.1, -0.05) is 0 Å². The molecule has 1 aromatic rings. The van der Waals surface area contributed by atoms with E-state index in [0.717, 1.165) is 0 Å². The number of hydrogen-bond donors (Lipinski definition) is 2. The smallest absolute Gasteiger partial charge is 0.325 e. The van der Waals surface area contributed by atoms with Crippen molar-refractivity contribution < 1.29 is 14.7 Å². The second-order valence-electron chi connectivity index (χ2n) is 2.63. The highest BCUT2D eigenvalue weighted by atomic mass is 16.4. The molecule has 74 valence electrons. The number of aliphatic carboxylic acids is 1. The van der Waals surface area contributed by atoms with Gasteiger partial charge in [0.05, 0.1) is 0 Å². The van der Waals surface area contributed by atoms with Crippen LogP contribution in [0.25, 0.3) is 0 Å². The molecule has 1 rings (SSSR count). The van der Waals surface area contributed by atoms with Crippen molar-refractivity contribution in [2.24, 2.45) is 0 Å². The second kappa shape index (κ2) is 4.31. The lowest BCUT2D eigenvalue weighted by atomic mass is 10.3. The second-order valence-corrected chi connectivity index (χ2v) is 2.63. The molecule has 14 heavy (non-hydrogen) atoms. The number of nitrogens with zero attached hydrogens (tertiary/aromatic N) is 2. The molecule has 0 aliphatic carbocycles. The van der Waals surface area contributed by atoms with E-state index in [1.807, 2.05) is 0 Å². The molecule has 1 amide bonds. The summed E-state index contributed by atoms with van der Waals surface area (Å²) in [6.07, 6.45) is 2.63. The zero-order valence-corrected chi connectivity index (χ0v) is 7.47. The first-order chi connectivity index (χ1) is 6.61. The molecule has 6 heteroatoms. The maximum atomic E-state index is 11.3. The first-order valence-electron chi connectivity index (χ1n) is 3.91. The lowest BCUT2D eigenvalue weighted by molar-refractivity contribution is -0.138. The zero-order chi connectivity index (χ0) is 10.6. The Morgan fingerprint density at radius 2 is 2.29 bits per heavy atom. The van der Waals surface area contributed by atoms with E-state index in [1.54, 1.807) is 0 Å². The number of hydrogen-bond acceptors (Lipinski definition) is 4. The number of carboxylic acid groups (broad SMARTS) is 1. The molecule has 0 aliphatic heterocycles. The minimum Gasteiger partial charge on any atom is -0.480 e. The monoisotopic (exact) mass is 195 g/mol. The number of nitrogens with one attached hydrogen (secondary N) is 1. The summed E-state index contributed by atoms with van der Waals surface area (Å²) in [4.78, 5) is 29.0. The molecule has 1 aromatic heterocycles. The van der Waals surface area contributed by atoms with Gasteiger partial charge in [0.25, 0.3) is 5.91 Å². The molecule has 0 saturated carbocycles. The summed E-state index contributed by atoms with van der Waals surface area (Å²) < 4.78 is 0. The van der Waals surface area contributed by atoms with Crippen LogP contribution in [0.2, 0.25) is 0 Å². The third kappa shape index (κ3) is 2.51. The van der Waals surface area contributed by atoms with E-state index >= 15 is 0 Å². The van der Waals surface area contributed by atoms with Crippen molar-refractivity contribution in [1.82, 2.24) is 15.3 Å². The topological polar surface area (TPSA) is 92.2 Å². The molecular formula is C8H9N3O3. The van der Waals surface area contributed by atoms with E-state index in [9.17, 15) is 9.59 Å². The van der Waals surface area contributed by atoms with Gasteiger partial charge in [-0.05, 0) is 13.0 Å². The Morgan fingerprint density at radius 1 is 1.57 bits per heavy atom. The third-order valence-corrected chi connectivity index (χ3v) is 1.53. The minimum absolute atomic E-state index is 0.146. The van der Waals surface area contributed by atoms with Crippen LogP contribution in [-0.2, 0) is 4.79 Å². The average Bonchev–Trinajstić information content (AvgIpc) is 2.19. The predicted molar refractivity (Wildman–Crippen MR) is 46.6 cm³/mol. The molecule has 0 bridgehead atoms. The maximum absolute atomic E-state index is 11.3. The molecule has 1 atom stereocenters.